The molecule has 11 nitrogen and oxygen atoms in total. The Morgan fingerprint density at radius 1 is 1.16 bits per heavy atom. The molecule has 1 fully saturated rings. The van der Waals surface area contributed by atoms with Crippen LogP contribution in [-0.2, 0) is 0 Å². The fourth-order valence-electron chi connectivity index (χ4n) is 4.36. The topological polar surface area (TPSA) is 126 Å². The average Bonchev–Trinajstić information content (AvgIpc) is 3.35. The first-order chi connectivity index (χ1) is 17.9. The van der Waals surface area contributed by atoms with Crippen molar-refractivity contribution < 1.29 is 14.2 Å². The van der Waals surface area contributed by atoms with Crippen molar-refractivity contribution in [2.75, 3.05) is 23.8 Å². The van der Waals surface area contributed by atoms with Gasteiger partial charge < -0.3 is 20.1 Å². The quantitative estimate of drug-likeness (QED) is 0.340. The number of benzene rings is 1. The molecule has 1 aliphatic rings. The summed E-state index contributed by atoms with van der Waals surface area (Å²) in [7, 11) is 1.83. The molecule has 188 valence electrons. The molecule has 0 amide bonds. The number of nitrogens with zero attached hydrogens (tertiary/aromatic N) is 8. The Labute approximate surface area is 211 Å². The van der Waals surface area contributed by atoms with Crippen molar-refractivity contribution in [2.24, 2.45) is 0 Å². The molecule has 0 unspecified atom stereocenters. The number of ether oxygens (including phenoxy) is 1. The average molecular weight is 502 g/mol. The molecule has 5 aromatic rings. The minimum absolute atomic E-state index is 0.218. The Morgan fingerprint density at radius 3 is 2.84 bits per heavy atom. The molecule has 0 bridgehead atoms. The highest BCUT2D eigenvalue weighted by molar-refractivity contribution is 5.87. The number of aliphatic hydroxyl groups is 1. The second-order valence-corrected chi connectivity index (χ2v) is 9.26. The maximum atomic E-state index is 15.4. The molecule has 1 saturated carbocycles. The summed E-state index contributed by atoms with van der Waals surface area (Å²) >= 11 is 0. The number of nitrogens with one attached hydrogen (secondary N) is 1. The van der Waals surface area contributed by atoms with Gasteiger partial charge in [0.05, 0.1) is 17.5 Å². The lowest BCUT2D eigenvalue weighted by molar-refractivity contribution is -0.0249. The minimum Gasteiger partial charge on any atom is -0.457 e. The standard InChI is InChI=1S/C25H24FN9O2/c1-15-19(37-16-6-9-35-20(10-16)29-14-31-35)5-4-17(21(15)26)32-23-22-18(28-13-30-23)11-27-24(33-22)34(2)12-25(36)7-3-8-25/h4-6,9-11,13-14,36H,3,7-8,12H2,1-2H3,(H,28,30,32). The van der Waals surface area contributed by atoms with Gasteiger partial charge in [0.1, 0.15) is 35.2 Å². The van der Waals surface area contributed by atoms with E-state index in [-0.39, 0.29) is 5.69 Å². The van der Waals surface area contributed by atoms with Gasteiger partial charge in [0.25, 0.3) is 0 Å². The van der Waals surface area contributed by atoms with E-state index in [1.165, 1.54) is 12.7 Å². The molecule has 0 radical (unpaired) electrons. The summed E-state index contributed by atoms with van der Waals surface area (Å²) in [6, 6.07) is 6.73. The molecule has 2 N–H and O–H groups in total. The van der Waals surface area contributed by atoms with Crippen LogP contribution in [0, 0.1) is 12.7 Å². The summed E-state index contributed by atoms with van der Waals surface area (Å²) in [6.07, 6.45) is 8.66. The van der Waals surface area contributed by atoms with Crippen LogP contribution < -0.4 is 15.0 Å². The SMILES string of the molecule is Cc1c(Oc2ccn3ncnc3c2)ccc(Nc2ncnc3cnc(N(C)CC4(O)CCC4)nc23)c1F. The van der Waals surface area contributed by atoms with Crippen LogP contribution in [-0.4, -0.2) is 58.8 Å². The van der Waals surface area contributed by atoms with E-state index < -0.39 is 11.4 Å². The summed E-state index contributed by atoms with van der Waals surface area (Å²) < 4.78 is 22.9. The predicted octanol–water partition coefficient (Wildman–Crippen LogP) is 3.80. The van der Waals surface area contributed by atoms with Crippen LogP contribution in [0.25, 0.3) is 16.7 Å². The second kappa shape index (κ2) is 8.89. The number of rotatable bonds is 7. The van der Waals surface area contributed by atoms with Gasteiger partial charge in [0.15, 0.2) is 17.3 Å². The van der Waals surface area contributed by atoms with Gasteiger partial charge >= 0.3 is 0 Å². The van der Waals surface area contributed by atoms with Gasteiger partial charge in [-0.1, -0.05) is 0 Å². The third kappa shape index (κ3) is 4.35. The van der Waals surface area contributed by atoms with Gasteiger partial charge in [-0.25, -0.2) is 33.8 Å². The zero-order chi connectivity index (χ0) is 25.6. The lowest BCUT2D eigenvalue weighted by Gasteiger charge is -2.39. The molecule has 6 rings (SSSR count). The Balaban J connectivity index is 1.27. The largest absolute Gasteiger partial charge is 0.457 e. The zero-order valence-electron chi connectivity index (χ0n) is 20.3. The van der Waals surface area contributed by atoms with Gasteiger partial charge in [-0.15, -0.1) is 0 Å². The van der Waals surface area contributed by atoms with Crippen molar-refractivity contribution in [1.82, 2.24) is 34.5 Å². The van der Waals surface area contributed by atoms with Crippen molar-refractivity contribution in [1.29, 1.82) is 0 Å². The number of pyridine rings is 1. The van der Waals surface area contributed by atoms with E-state index in [2.05, 4.69) is 35.3 Å². The number of likely N-dealkylation sites (N-methyl/N-ethyl adjacent to an activating group) is 1. The molecule has 0 atom stereocenters. The first kappa shape index (κ1) is 23.0. The van der Waals surface area contributed by atoms with Gasteiger partial charge in [-0.05, 0) is 44.4 Å². The first-order valence-electron chi connectivity index (χ1n) is 11.8. The van der Waals surface area contributed by atoms with Crippen molar-refractivity contribution in [2.45, 2.75) is 31.8 Å². The van der Waals surface area contributed by atoms with Crippen LogP contribution in [0.15, 0.2) is 49.3 Å². The van der Waals surface area contributed by atoms with E-state index in [4.69, 9.17) is 4.74 Å². The lowest BCUT2D eigenvalue weighted by atomic mass is 9.80. The fraction of sp³-hybridized carbons (Fsp3) is 0.280. The van der Waals surface area contributed by atoms with Crippen molar-refractivity contribution in [3.05, 3.63) is 60.7 Å². The summed E-state index contributed by atoms with van der Waals surface area (Å²) in [5.41, 5.74) is 1.41. The van der Waals surface area contributed by atoms with Crippen molar-refractivity contribution >= 4 is 34.1 Å². The molecule has 37 heavy (non-hydrogen) atoms. The maximum absolute atomic E-state index is 15.4. The van der Waals surface area contributed by atoms with Gasteiger partial charge in [-0.2, -0.15) is 5.10 Å². The van der Waals surface area contributed by atoms with Crippen molar-refractivity contribution in [3.8, 4) is 11.5 Å². The van der Waals surface area contributed by atoms with Crippen LogP contribution in [0.3, 0.4) is 0 Å². The molecular weight excluding hydrogens is 477 g/mol. The van der Waals surface area contributed by atoms with Crippen LogP contribution in [0.5, 0.6) is 11.5 Å². The van der Waals surface area contributed by atoms with E-state index >= 15 is 4.39 Å². The maximum Gasteiger partial charge on any atom is 0.225 e. The highest BCUT2D eigenvalue weighted by atomic mass is 19.1. The number of fused-ring (bicyclic) bond motifs is 2. The predicted molar refractivity (Wildman–Crippen MR) is 135 cm³/mol. The van der Waals surface area contributed by atoms with E-state index in [0.29, 0.717) is 52.1 Å². The summed E-state index contributed by atoms with van der Waals surface area (Å²) in [6.45, 7) is 2.07. The van der Waals surface area contributed by atoms with E-state index in [1.54, 1.807) is 48.1 Å². The Hall–Kier alpha value is -4.45. The minimum atomic E-state index is -0.715. The Bertz CT molecular complexity index is 1620. The number of anilines is 3. The normalized spacial score (nSPS) is 14.5. The third-order valence-corrected chi connectivity index (χ3v) is 6.59. The van der Waals surface area contributed by atoms with Gasteiger partial charge in [-0.3, -0.25) is 0 Å². The summed E-state index contributed by atoms with van der Waals surface area (Å²) in [5.74, 6) is 1.18. The number of aromatic nitrogens is 7. The Kier molecular flexibility index (Phi) is 5.52. The molecule has 4 heterocycles. The number of halogens is 1. The third-order valence-electron chi connectivity index (χ3n) is 6.59. The lowest BCUT2D eigenvalue weighted by Crippen LogP contribution is -2.47. The first-order valence-corrected chi connectivity index (χ1v) is 11.8. The van der Waals surface area contributed by atoms with Crippen LogP contribution in [0.4, 0.5) is 21.8 Å². The second-order valence-electron chi connectivity index (χ2n) is 9.26. The van der Waals surface area contributed by atoms with Crippen molar-refractivity contribution in [3.63, 3.8) is 0 Å². The molecule has 12 heteroatoms. The Morgan fingerprint density at radius 2 is 2.03 bits per heavy atom. The molecular formula is C25H24FN9O2. The molecule has 1 aliphatic carbocycles. The number of hydrogen-bond donors (Lipinski definition) is 2. The van der Waals surface area contributed by atoms with E-state index in [0.717, 1.165) is 19.3 Å². The van der Waals surface area contributed by atoms with Crippen LogP contribution >= 0.6 is 0 Å². The summed E-state index contributed by atoms with van der Waals surface area (Å²) in [5, 5.41) is 17.6. The van der Waals surface area contributed by atoms with Crippen LogP contribution in [0.1, 0.15) is 24.8 Å². The van der Waals surface area contributed by atoms with E-state index in [1.807, 2.05) is 11.9 Å². The fourth-order valence-corrected chi connectivity index (χ4v) is 4.36. The van der Waals surface area contributed by atoms with E-state index in [9.17, 15) is 5.11 Å². The van der Waals surface area contributed by atoms with Gasteiger partial charge in [0.2, 0.25) is 5.95 Å². The molecule has 0 aliphatic heterocycles. The molecule has 4 aromatic heterocycles. The van der Waals surface area contributed by atoms with Crippen LogP contribution in [0.2, 0.25) is 0 Å². The highest BCUT2D eigenvalue weighted by Gasteiger charge is 2.36. The number of hydrogen-bond acceptors (Lipinski definition) is 10. The molecule has 1 aromatic carbocycles. The zero-order valence-corrected chi connectivity index (χ0v) is 20.3. The monoisotopic (exact) mass is 501 g/mol. The van der Waals surface area contributed by atoms with Gasteiger partial charge in [0, 0.05) is 31.4 Å². The smallest absolute Gasteiger partial charge is 0.225 e. The molecule has 0 spiro atoms. The highest BCUT2D eigenvalue weighted by Crippen LogP contribution is 2.34. The molecule has 0 saturated heterocycles. The summed E-state index contributed by atoms with van der Waals surface area (Å²) in [4.78, 5) is 23.5.